The van der Waals surface area contributed by atoms with Crippen molar-refractivity contribution in [2.24, 2.45) is 5.73 Å². The summed E-state index contributed by atoms with van der Waals surface area (Å²) in [5.41, 5.74) is 5.91. The maximum Gasteiger partial charge on any atom is 0.249 e. The maximum absolute atomic E-state index is 12.1. The predicted octanol–water partition coefficient (Wildman–Crippen LogP) is -0.490. The molecule has 5 N–H and O–H groups in total. The quantitative estimate of drug-likeness (QED) is 0.577. The van der Waals surface area contributed by atoms with Crippen molar-refractivity contribution in [3.63, 3.8) is 0 Å². The molecular formula is C13H22N4O2. The molecule has 0 saturated carbocycles. The maximum atomic E-state index is 12.1. The molecular weight excluding hydrogens is 244 g/mol. The summed E-state index contributed by atoms with van der Waals surface area (Å²) in [4.78, 5) is 19.0. The zero-order valence-electron chi connectivity index (χ0n) is 11.7. The van der Waals surface area contributed by atoms with Crippen LogP contribution in [0.5, 0.6) is 0 Å². The third-order valence-corrected chi connectivity index (χ3v) is 2.92. The Labute approximate surface area is 112 Å². The van der Waals surface area contributed by atoms with Crippen molar-refractivity contribution in [3.05, 3.63) is 17.0 Å². The Bertz CT molecular complexity index is 543. The fourth-order valence-corrected chi connectivity index (χ4v) is 1.79. The van der Waals surface area contributed by atoms with Gasteiger partial charge in [-0.1, -0.05) is 0 Å². The van der Waals surface area contributed by atoms with Gasteiger partial charge >= 0.3 is 0 Å². The number of imidazole rings is 1. The summed E-state index contributed by atoms with van der Waals surface area (Å²) in [6, 6.07) is 0.0626. The highest BCUT2D eigenvalue weighted by Gasteiger charge is 2.11. The molecule has 6 heteroatoms. The van der Waals surface area contributed by atoms with Crippen LogP contribution in [0, 0.1) is 0 Å². The minimum absolute atomic E-state index is 0.0626. The summed E-state index contributed by atoms with van der Waals surface area (Å²) in [6.07, 6.45) is 3.17. The fourth-order valence-electron chi connectivity index (χ4n) is 1.79. The van der Waals surface area contributed by atoms with Crippen molar-refractivity contribution in [1.82, 2.24) is 15.3 Å². The van der Waals surface area contributed by atoms with Gasteiger partial charge in [-0.2, -0.15) is 0 Å². The predicted molar refractivity (Wildman–Crippen MR) is 74.5 cm³/mol. The van der Waals surface area contributed by atoms with E-state index in [9.17, 15) is 9.90 Å². The minimum atomic E-state index is -0.181. The van der Waals surface area contributed by atoms with Crippen molar-refractivity contribution >= 4 is 17.2 Å². The average molecular weight is 266 g/mol. The minimum Gasteiger partial charge on any atom is -0.510 e. The van der Waals surface area contributed by atoms with Gasteiger partial charge in [0, 0.05) is 11.6 Å². The third kappa shape index (κ3) is 4.10. The highest BCUT2D eigenvalue weighted by molar-refractivity contribution is 6.12. The van der Waals surface area contributed by atoms with Crippen LogP contribution in [0.4, 0.5) is 0 Å². The monoisotopic (exact) mass is 266 g/mol. The van der Waals surface area contributed by atoms with Crippen LogP contribution in [0.2, 0.25) is 0 Å². The molecule has 1 aromatic heterocycles. The van der Waals surface area contributed by atoms with E-state index in [4.69, 9.17) is 5.73 Å². The number of aromatic amines is 1. The number of carbonyl (C=O) groups is 1. The first kappa shape index (κ1) is 15.2. The van der Waals surface area contributed by atoms with Gasteiger partial charge in [0.1, 0.15) is 16.5 Å². The molecule has 0 fully saturated rings. The van der Waals surface area contributed by atoms with Crippen LogP contribution in [0.25, 0.3) is 11.3 Å². The van der Waals surface area contributed by atoms with Crippen LogP contribution in [0.15, 0.2) is 6.33 Å². The number of nitrogens with one attached hydrogen (secondary N) is 2. The number of amides is 1. The van der Waals surface area contributed by atoms with Crippen LogP contribution in [0.1, 0.15) is 33.6 Å². The van der Waals surface area contributed by atoms with Gasteiger partial charge in [0.15, 0.2) is 0 Å². The van der Waals surface area contributed by atoms with Gasteiger partial charge in [-0.15, -0.1) is 0 Å². The van der Waals surface area contributed by atoms with E-state index in [2.05, 4.69) is 15.3 Å². The van der Waals surface area contributed by atoms with E-state index >= 15 is 0 Å². The molecule has 0 aliphatic carbocycles. The van der Waals surface area contributed by atoms with Gasteiger partial charge in [0.25, 0.3) is 0 Å². The molecule has 1 heterocycles. The SMILES string of the molecule is C/C(C(=O)N[C@H](C)CCCN)=c1/nc[nH]/c1=C(/C)O. The largest absolute Gasteiger partial charge is 0.510 e. The Hall–Kier alpha value is -1.82. The van der Waals surface area contributed by atoms with Gasteiger partial charge in [0.05, 0.1) is 6.33 Å². The fraction of sp³-hybridized carbons (Fsp3) is 0.538. The topological polar surface area (TPSA) is 104 Å². The lowest BCUT2D eigenvalue weighted by Gasteiger charge is -2.13. The summed E-state index contributed by atoms with van der Waals surface area (Å²) in [5, 5.41) is 13.4. The number of nitrogens with zero attached hydrogens (tertiary/aromatic N) is 1. The Morgan fingerprint density at radius 1 is 1.58 bits per heavy atom. The number of H-pyrrole nitrogens is 1. The first-order valence-electron chi connectivity index (χ1n) is 6.38. The summed E-state index contributed by atoms with van der Waals surface area (Å²) in [7, 11) is 0. The van der Waals surface area contributed by atoms with Gasteiger partial charge in [0.2, 0.25) is 5.91 Å². The Morgan fingerprint density at radius 2 is 2.26 bits per heavy atom. The normalized spacial score (nSPS) is 15.8. The summed E-state index contributed by atoms with van der Waals surface area (Å²) in [5.74, 6) is -0.0741. The van der Waals surface area contributed by atoms with Crippen LogP contribution in [-0.4, -0.2) is 33.6 Å². The highest BCUT2D eigenvalue weighted by atomic mass is 16.3. The van der Waals surface area contributed by atoms with Crippen molar-refractivity contribution in [2.75, 3.05) is 6.54 Å². The second kappa shape index (κ2) is 6.94. The lowest BCUT2D eigenvalue weighted by molar-refractivity contribution is -0.116. The van der Waals surface area contributed by atoms with Gasteiger partial charge in [-0.3, -0.25) is 4.79 Å². The zero-order valence-corrected chi connectivity index (χ0v) is 11.7. The molecule has 0 radical (unpaired) electrons. The molecule has 0 saturated heterocycles. The molecule has 19 heavy (non-hydrogen) atoms. The van der Waals surface area contributed by atoms with Gasteiger partial charge in [-0.05, 0) is 40.2 Å². The molecule has 1 rings (SSSR count). The molecule has 1 aromatic rings. The second-order valence-corrected chi connectivity index (χ2v) is 4.64. The van der Waals surface area contributed by atoms with E-state index in [1.54, 1.807) is 13.8 Å². The molecule has 0 aliphatic rings. The Morgan fingerprint density at radius 3 is 2.84 bits per heavy atom. The molecule has 106 valence electrons. The van der Waals surface area contributed by atoms with Crippen molar-refractivity contribution in [3.8, 4) is 0 Å². The number of rotatable bonds is 5. The number of hydrogen-bond donors (Lipinski definition) is 4. The van der Waals surface area contributed by atoms with E-state index < -0.39 is 0 Å². The van der Waals surface area contributed by atoms with E-state index in [0.29, 0.717) is 22.8 Å². The molecule has 0 unspecified atom stereocenters. The number of hydrogen-bond acceptors (Lipinski definition) is 4. The van der Waals surface area contributed by atoms with Gasteiger partial charge in [-0.25, -0.2) is 4.98 Å². The summed E-state index contributed by atoms with van der Waals surface area (Å²) in [6.45, 7) is 5.79. The standard InChI is InChI=1S/C13H22N4O2/c1-8(5-4-6-14)17-13(19)9(2)11-12(10(3)18)16-7-15-11/h7-8,18H,4-6,14H2,1-3H3,(H,15,16)(H,17,19)/b11-9-,12-10-/t8-/m1/s1. The van der Waals surface area contributed by atoms with E-state index in [1.807, 2.05) is 6.92 Å². The van der Waals surface area contributed by atoms with Crippen LogP contribution in [-0.2, 0) is 4.79 Å². The number of carbonyl (C=O) groups excluding carboxylic acids is 1. The molecule has 0 aliphatic heterocycles. The van der Waals surface area contributed by atoms with E-state index in [-0.39, 0.29) is 17.7 Å². The first-order chi connectivity index (χ1) is 8.97. The number of aromatic nitrogens is 2. The average Bonchev–Trinajstić information content (AvgIpc) is 2.84. The number of aliphatic hydroxyl groups excluding tert-OH is 1. The van der Waals surface area contributed by atoms with Crippen molar-refractivity contribution in [1.29, 1.82) is 0 Å². The van der Waals surface area contributed by atoms with Crippen LogP contribution in [0.3, 0.4) is 0 Å². The zero-order chi connectivity index (χ0) is 14.4. The van der Waals surface area contributed by atoms with E-state index in [0.717, 1.165) is 12.8 Å². The lowest BCUT2D eigenvalue weighted by Crippen LogP contribution is -2.38. The van der Waals surface area contributed by atoms with Crippen LogP contribution >= 0.6 is 0 Å². The van der Waals surface area contributed by atoms with Crippen molar-refractivity contribution < 1.29 is 9.90 Å². The molecule has 6 nitrogen and oxygen atoms in total. The summed E-state index contributed by atoms with van der Waals surface area (Å²) < 4.78 is 0. The van der Waals surface area contributed by atoms with Gasteiger partial charge < -0.3 is 21.1 Å². The molecule has 1 atom stereocenters. The van der Waals surface area contributed by atoms with Crippen LogP contribution < -0.4 is 21.7 Å². The van der Waals surface area contributed by atoms with E-state index in [1.165, 1.54) is 6.33 Å². The number of nitrogens with two attached hydrogens (primary N) is 1. The highest BCUT2D eigenvalue weighted by Crippen LogP contribution is 1.97. The second-order valence-electron chi connectivity index (χ2n) is 4.64. The lowest BCUT2D eigenvalue weighted by atomic mass is 10.1. The molecule has 0 aromatic carbocycles. The van der Waals surface area contributed by atoms with Crippen molar-refractivity contribution in [2.45, 2.75) is 39.7 Å². The smallest absolute Gasteiger partial charge is 0.249 e. The molecule has 0 bridgehead atoms. The Balaban J connectivity index is 2.94. The summed E-state index contributed by atoms with van der Waals surface area (Å²) >= 11 is 0. The third-order valence-electron chi connectivity index (χ3n) is 2.92. The first-order valence-corrected chi connectivity index (χ1v) is 6.38. The molecule has 1 amide bonds. The Kier molecular flexibility index (Phi) is 5.57. The number of aliphatic hydroxyl groups is 1. The molecule has 0 spiro atoms.